The lowest BCUT2D eigenvalue weighted by molar-refractivity contribution is 0.109. The lowest BCUT2D eigenvalue weighted by Gasteiger charge is -2.42. The first-order valence-electron chi connectivity index (χ1n) is 6.33. The summed E-state index contributed by atoms with van der Waals surface area (Å²) in [7, 11) is 0. The standard InChI is InChI=1S/C14H20BrNO/c1-2-7-14(10-16-11-14)8-9-17-13-5-3-12(15)4-6-13/h3-6,16H,2,7-11H2,1H3. The first kappa shape index (κ1) is 12.9. The van der Waals surface area contributed by atoms with Crippen LogP contribution in [0.1, 0.15) is 26.2 Å². The van der Waals surface area contributed by atoms with Crippen molar-refractivity contribution in [3.63, 3.8) is 0 Å². The average Bonchev–Trinajstić information content (AvgIpc) is 2.28. The number of halogens is 1. The van der Waals surface area contributed by atoms with Gasteiger partial charge in [-0.15, -0.1) is 0 Å². The van der Waals surface area contributed by atoms with Crippen LogP contribution in [-0.4, -0.2) is 19.7 Å². The average molecular weight is 298 g/mol. The van der Waals surface area contributed by atoms with Gasteiger partial charge in [0.1, 0.15) is 5.75 Å². The van der Waals surface area contributed by atoms with Crippen LogP contribution >= 0.6 is 15.9 Å². The number of rotatable bonds is 6. The minimum Gasteiger partial charge on any atom is -0.494 e. The quantitative estimate of drug-likeness (QED) is 0.866. The predicted molar refractivity (Wildman–Crippen MR) is 74.5 cm³/mol. The lowest BCUT2D eigenvalue weighted by Crippen LogP contribution is -2.53. The molecule has 0 unspecified atom stereocenters. The minimum absolute atomic E-state index is 0.504. The fourth-order valence-corrected chi connectivity index (χ4v) is 2.67. The van der Waals surface area contributed by atoms with E-state index in [1.807, 2.05) is 24.3 Å². The summed E-state index contributed by atoms with van der Waals surface area (Å²) < 4.78 is 6.88. The van der Waals surface area contributed by atoms with Crippen molar-refractivity contribution in [1.82, 2.24) is 5.32 Å². The molecule has 0 radical (unpaired) electrons. The summed E-state index contributed by atoms with van der Waals surface area (Å²) in [6.45, 7) is 5.40. The predicted octanol–water partition coefficient (Wildman–Crippen LogP) is 3.61. The van der Waals surface area contributed by atoms with E-state index >= 15 is 0 Å². The minimum atomic E-state index is 0.504. The molecule has 1 aliphatic heterocycles. The van der Waals surface area contributed by atoms with Crippen molar-refractivity contribution >= 4 is 15.9 Å². The van der Waals surface area contributed by atoms with Gasteiger partial charge in [-0.05, 0) is 42.5 Å². The van der Waals surface area contributed by atoms with Gasteiger partial charge in [-0.2, -0.15) is 0 Å². The third-order valence-electron chi connectivity index (χ3n) is 3.50. The Morgan fingerprint density at radius 3 is 2.47 bits per heavy atom. The van der Waals surface area contributed by atoms with Crippen LogP contribution in [0.3, 0.4) is 0 Å². The second kappa shape index (κ2) is 5.87. The highest BCUT2D eigenvalue weighted by Crippen LogP contribution is 2.32. The number of hydrogen-bond acceptors (Lipinski definition) is 2. The van der Waals surface area contributed by atoms with Crippen LogP contribution < -0.4 is 10.1 Å². The van der Waals surface area contributed by atoms with E-state index in [2.05, 4.69) is 28.2 Å². The molecule has 0 aliphatic carbocycles. The van der Waals surface area contributed by atoms with E-state index in [9.17, 15) is 0 Å². The van der Waals surface area contributed by atoms with Crippen molar-refractivity contribution in [3.05, 3.63) is 28.7 Å². The van der Waals surface area contributed by atoms with Crippen molar-refractivity contribution in [3.8, 4) is 5.75 Å². The van der Waals surface area contributed by atoms with Gasteiger partial charge in [-0.1, -0.05) is 29.3 Å². The Balaban J connectivity index is 1.77. The zero-order valence-corrected chi connectivity index (χ0v) is 11.9. The van der Waals surface area contributed by atoms with Crippen molar-refractivity contribution < 1.29 is 4.74 Å². The molecule has 1 aliphatic rings. The Morgan fingerprint density at radius 2 is 1.94 bits per heavy atom. The molecule has 0 amide bonds. The molecule has 1 heterocycles. The van der Waals surface area contributed by atoms with Crippen LogP contribution in [0.15, 0.2) is 28.7 Å². The fraction of sp³-hybridized carbons (Fsp3) is 0.571. The summed E-state index contributed by atoms with van der Waals surface area (Å²) in [4.78, 5) is 0. The SMILES string of the molecule is CCCC1(CCOc2ccc(Br)cc2)CNC1. The maximum Gasteiger partial charge on any atom is 0.119 e. The van der Waals surface area contributed by atoms with E-state index in [-0.39, 0.29) is 0 Å². The Morgan fingerprint density at radius 1 is 1.24 bits per heavy atom. The van der Waals surface area contributed by atoms with Gasteiger partial charge >= 0.3 is 0 Å². The molecule has 1 saturated heterocycles. The third-order valence-corrected chi connectivity index (χ3v) is 4.02. The van der Waals surface area contributed by atoms with Crippen LogP contribution in [0.2, 0.25) is 0 Å². The normalized spacial score (nSPS) is 17.5. The number of benzene rings is 1. The van der Waals surface area contributed by atoms with Crippen LogP contribution in [-0.2, 0) is 0 Å². The molecule has 17 heavy (non-hydrogen) atoms. The van der Waals surface area contributed by atoms with E-state index in [0.717, 1.165) is 36.3 Å². The number of hydrogen-bond donors (Lipinski definition) is 1. The molecule has 0 saturated carbocycles. The van der Waals surface area contributed by atoms with Gasteiger partial charge in [0.25, 0.3) is 0 Å². The zero-order valence-electron chi connectivity index (χ0n) is 10.3. The molecule has 3 heteroatoms. The molecule has 0 atom stereocenters. The van der Waals surface area contributed by atoms with Crippen LogP contribution in [0.4, 0.5) is 0 Å². The van der Waals surface area contributed by atoms with Gasteiger partial charge < -0.3 is 10.1 Å². The molecule has 94 valence electrons. The Hall–Kier alpha value is -0.540. The molecule has 0 bridgehead atoms. The molecule has 1 aromatic carbocycles. The first-order chi connectivity index (χ1) is 8.24. The van der Waals surface area contributed by atoms with Gasteiger partial charge in [0, 0.05) is 17.6 Å². The molecule has 1 aromatic rings. The van der Waals surface area contributed by atoms with Crippen molar-refractivity contribution in [2.75, 3.05) is 19.7 Å². The highest BCUT2D eigenvalue weighted by molar-refractivity contribution is 9.10. The van der Waals surface area contributed by atoms with E-state index in [1.54, 1.807) is 0 Å². The second-order valence-corrected chi connectivity index (χ2v) is 5.82. The van der Waals surface area contributed by atoms with E-state index in [0.29, 0.717) is 5.41 Å². The van der Waals surface area contributed by atoms with E-state index in [4.69, 9.17) is 4.74 Å². The highest BCUT2D eigenvalue weighted by Gasteiger charge is 2.35. The summed E-state index contributed by atoms with van der Waals surface area (Å²) >= 11 is 3.42. The van der Waals surface area contributed by atoms with E-state index in [1.165, 1.54) is 12.8 Å². The zero-order chi connectivity index (χ0) is 12.1. The second-order valence-electron chi connectivity index (χ2n) is 4.91. The van der Waals surface area contributed by atoms with Gasteiger partial charge in [-0.25, -0.2) is 0 Å². The highest BCUT2D eigenvalue weighted by atomic mass is 79.9. The molecule has 2 rings (SSSR count). The molecule has 0 aromatic heterocycles. The van der Waals surface area contributed by atoms with Crippen molar-refractivity contribution in [1.29, 1.82) is 0 Å². The Kier molecular flexibility index (Phi) is 4.46. The van der Waals surface area contributed by atoms with Gasteiger partial charge in [0.2, 0.25) is 0 Å². The van der Waals surface area contributed by atoms with Crippen LogP contribution in [0.5, 0.6) is 5.75 Å². The number of ether oxygens (including phenoxy) is 1. The van der Waals surface area contributed by atoms with Crippen molar-refractivity contribution in [2.45, 2.75) is 26.2 Å². The monoisotopic (exact) mass is 297 g/mol. The summed E-state index contributed by atoms with van der Waals surface area (Å²) in [6, 6.07) is 8.05. The Bertz CT molecular complexity index is 346. The van der Waals surface area contributed by atoms with Gasteiger partial charge in [0.15, 0.2) is 0 Å². The smallest absolute Gasteiger partial charge is 0.119 e. The summed E-state index contributed by atoms with van der Waals surface area (Å²) in [5.41, 5.74) is 0.504. The van der Waals surface area contributed by atoms with Gasteiger partial charge in [0.05, 0.1) is 6.61 Å². The van der Waals surface area contributed by atoms with Crippen LogP contribution in [0.25, 0.3) is 0 Å². The molecule has 0 spiro atoms. The summed E-state index contributed by atoms with van der Waals surface area (Å²) in [5.74, 6) is 0.965. The largest absolute Gasteiger partial charge is 0.494 e. The maximum absolute atomic E-state index is 5.79. The summed E-state index contributed by atoms with van der Waals surface area (Å²) in [5, 5.41) is 3.38. The fourth-order valence-electron chi connectivity index (χ4n) is 2.40. The third kappa shape index (κ3) is 3.46. The Labute approximate surface area is 112 Å². The summed E-state index contributed by atoms with van der Waals surface area (Å²) in [6.07, 6.45) is 3.73. The molecular weight excluding hydrogens is 278 g/mol. The molecule has 1 fully saturated rings. The number of nitrogens with one attached hydrogen (secondary N) is 1. The lowest BCUT2D eigenvalue weighted by atomic mass is 9.75. The topological polar surface area (TPSA) is 21.3 Å². The molecule has 1 N–H and O–H groups in total. The van der Waals surface area contributed by atoms with Gasteiger partial charge in [-0.3, -0.25) is 0 Å². The van der Waals surface area contributed by atoms with E-state index < -0.39 is 0 Å². The van der Waals surface area contributed by atoms with Crippen molar-refractivity contribution in [2.24, 2.45) is 5.41 Å². The maximum atomic E-state index is 5.79. The molecular formula is C14H20BrNO. The molecule has 2 nitrogen and oxygen atoms in total. The van der Waals surface area contributed by atoms with Crippen LogP contribution in [0, 0.1) is 5.41 Å². The first-order valence-corrected chi connectivity index (χ1v) is 7.12.